The zero-order chi connectivity index (χ0) is 17.5. The number of rotatable bonds is 6. The second-order valence-corrected chi connectivity index (χ2v) is 7.06. The first-order valence-electron chi connectivity index (χ1n) is 7.59. The molecule has 6 heteroatoms. The number of nitrogens with one attached hydrogen (secondary N) is 1. The molecular weight excluding hydrogens is 400 g/mol. The summed E-state index contributed by atoms with van der Waals surface area (Å²) in [5.41, 5.74) is 3.45. The van der Waals surface area contributed by atoms with Crippen molar-refractivity contribution in [2.24, 2.45) is 5.10 Å². The van der Waals surface area contributed by atoms with Crippen molar-refractivity contribution in [2.75, 3.05) is 0 Å². The lowest BCUT2D eigenvalue weighted by atomic mass is 10.1. The number of hydrazone groups is 1. The summed E-state index contributed by atoms with van der Waals surface area (Å²) in [5, 5.41) is 4.69. The number of nitrogens with zero attached hydrogens (tertiary/aromatic N) is 1. The summed E-state index contributed by atoms with van der Waals surface area (Å²) in [4.78, 5) is 12.9. The Bertz CT molecular complexity index is 864. The van der Waals surface area contributed by atoms with Crippen molar-refractivity contribution < 1.29 is 9.21 Å². The molecule has 2 aromatic carbocycles. The average Bonchev–Trinajstić information content (AvgIpc) is 2.96. The Labute approximate surface area is 158 Å². The van der Waals surface area contributed by atoms with Gasteiger partial charge in [-0.3, -0.25) is 4.79 Å². The number of amides is 1. The van der Waals surface area contributed by atoms with Gasteiger partial charge in [0.05, 0.1) is 17.1 Å². The van der Waals surface area contributed by atoms with Gasteiger partial charge in [-0.05, 0) is 33.6 Å². The fourth-order valence-corrected chi connectivity index (χ4v) is 3.44. The lowest BCUT2D eigenvalue weighted by molar-refractivity contribution is -0.120. The van der Waals surface area contributed by atoms with E-state index in [9.17, 15) is 4.79 Å². The van der Waals surface area contributed by atoms with Crippen molar-refractivity contribution in [3.63, 3.8) is 0 Å². The van der Waals surface area contributed by atoms with Gasteiger partial charge in [-0.15, -0.1) is 0 Å². The highest BCUT2D eigenvalue weighted by Gasteiger charge is 2.09. The number of hydrogen-bond donors (Lipinski definition) is 1. The molecule has 0 spiro atoms. The third-order valence-corrected chi connectivity index (χ3v) is 5.06. The Balaban J connectivity index is 1.57. The van der Waals surface area contributed by atoms with E-state index in [1.807, 2.05) is 66.7 Å². The number of carbonyl (C=O) groups is 1. The van der Waals surface area contributed by atoms with Crippen LogP contribution in [0.5, 0.6) is 0 Å². The Morgan fingerprint density at radius 2 is 1.80 bits per heavy atom. The molecule has 25 heavy (non-hydrogen) atoms. The topological polar surface area (TPSA) is 54.6 Å². The van der Waals surface area contributed by atoms with Crippen LogP contribution in [0.25, 0.3) is 0 Å². The van der Waals surface area contributed by atoms with Crippen LogP contribution in [-0.4, -0.2) is 12.1 Å². The molecule has 0 atom stereocenters. The number of benzene rings is 2. The third kappa shape index (κ3) is 5.34. The van der Waals surface area contributed by atoms with Gasteiger partial charge in [0.2, 0.25) is 5.91 Å². The van der Waals surface area contributed by atoms with E-state index >= 15 is 0 Å². The van der Waals surface area contributed by atoms with E-state index in [-0.39, 0.29) is 12.3 Å². The first-order valence-corrected chi connectivity index (χ1v) is 9.20. The molecule has 126 valence electrons. The van der Waals surface area contributed by atoms with Crippen molar-refractivity contribution in [1.29, 1.82) is 0 Å². The lowest BCUT2D eigenvalue weighted by Crippen LogP contribution is -2.19. The summed E-state index contributed by atoms with van der Waals surface area (Å²) < 4.78 is 6.58. The molecule has 0 aliphatic heterocycles. The average molecular weight is 415 g/mol. The van der Waals surface area contributed by atoms with E-state index in [2.05, 4.69) is 26.5 Å². The first kappa shape index (κ1) is 17.5. The van der Waals surface area contributed by atoms with Gasteiger partial charge in [0.1, 0.15) is 5.76 Å². The Hall–Kier alpha value is -2.31. The third-order valence-electron chi connectivity index (χ3n) is 3.22. The minimum atomic E-state index is -0.174. The fraction of sp³-hybridized carbons (Fsp3) is 0.0526. The van der Waals surface area contributed by atoms with Crippen LogP contribution in [0.3, 0.4) is 0 Å². The monoisotopic (exact) mass is 414 g/mol. The van der Waals surface area contributed by atoms with E-state index in [1.54, 1.807) is 0 Å². The predicted molar refractivity (Wildman–Crippen MR) is 103 cm³/mol. The smallest absolute Gasteiger partial charge is 0.244 e. The van der Waals surface area contributed by atoms with E-state index in [1.165, 1.54) is 18.0 Å². The molecule has 1 aromatic heterocycles. The van der Waals surface area contributed by atoms with Crippen LogP contribution in [0.15, 0.2) is 90.7 Å². The van der Waals surface area contributed by atoms with Gasteiger partial charge in [0, 0.05) is 11.0 Å². The number of hydrogen-bond acceptors (Lipinski definition) is 4. The fourth-order valence-electron chi connectivity index (χ4n) is 2.09. The van der Waals surface area contributed by atoms with Gasteiger partial charge in [0.25, 0.3) is 0 Å². The van der Waals surface area contributed by atoms with Crippen LogP contribution in [0, 0.1) is 0 Å². The Kier molecular flexibility index (Phi) is 6.09. The molecule has 3 aromatic rings. The molecular formula is C19H15BrN2O2S. The lowest BCUT2D eigenvalue weighted by Gasteiger charge is -1.99. The van der Waals surface area contributed by atoms with Crippen molar-refractivity contribution in [2.45, 2.75) is 16.4 Å². The van der Waals surface area contributed by atoms with Gasteiger partial charge in [-0.25, -0.2) is 5.43 Å². The predicted octanol–water partition coefficient (Wildman–Crippen LogP) is 4.89. The zero-order valence-corrected chi connectivity index (χ0v) is 15.6. The van der Waals surface area contributed by atoms with E-state index in [0.717, 1.165) is 20.0 Å². The SMILES string of the molecule is O=C(Cc1ccccc1)N/N=C/c1cc(Br)c(Sc2ccccc2)o1. The van der Waals surface area contributed by atoms with Gasteiger partial charge in [-0.2, -0.15) is 5.10 Å². The first-order chi connectivity index (χ1) is 12.2. The summed E-state index contributed by atoms with van der Waals surface area (Å²) in [5.74, 6) is 0.386. The van der Waals surface area contributed by atoms with E-state index in [0.29, 0.717) is 5.76 Å². The van der Waals surface area contributed by atoms with Gasteiger partial charge < -0.3 is 4.42 Å². The molecule has 0 radical (unpaired) electrons. The maximum Gasteiger partial charge on any atom is 0.244 e. The van der Waals surface area contributed by atoms with Crippen molar-refractivity contribution in [3.05, 3.63) is 82.5 Å². The highest BCUT2D eigenvalue weighted by molar-refractivity contribution is 9.10. The summed E-state index contributed by atoms with van der Waals surface area (Å²) in [6, 6.07) is 21.3. The molecule has 0 saturated carbocycles. The molecule has 3 rings (SSSR count). The van der Waals surface area contributed by atoms with Crippen LogP contribution in [0.4, 0.5) is 0 Å². The van der Waals surface area contributed by atoms with Gasteiger partial charge in [-0.1, -0.05) is 60.3 Å². The standard InChI is InChI=1S/C19H15BrN2O2S/c20-17-12-15(24-19(17)25-16-9-5-2-6-10-16)13-21-22-18(23)11-14-7-3-1-4-8-14/h1-10,12-13H,11H2,(H,22,23)/b21-13+. The molecule has 0 unspecified atom stereocenters. The van der Waals surface area contributed by atoms with Crippen LogP contribution in [0.2, 0.25) is 0 Å². The normalized spacial score (nSPS) is 10.9. The second-order valence-electron chi connectivity index (χ2n) is 5.15. The molecule has 0 saturated heterocycles. The summed E-state index contributed by atoms with van der Waals surface area (Å²) in [7, 11) is 0. The Morgan fingerprint density at radius 1 is 1.12 bits per heavy atom. The van der Waals surface area contributed by atoms with Crippen molar-refractivity contribution in [3.8, 4) is 0 Å². The van der Waals surface area contributed by atoms with Crippen LogP contribution < -0.4 is 5.43 Å². The molecule has 0 aliphatic rings. The van der Waals surface area contributed by atoms with E-state index < -0.39 is 0 Å². The van der Waals surface area contributed by atoms with Crippen LogP contribution in [0.1, 0.15) is 11.3 Å². The maximum absolute atomic E-state index is 11.8. The second kappa shape index (κ2) is 8.69. The minimum absolute atomic E-state index is 0.174. The van der Waals surface area contributed by atoms with Crippen LogP contribution in [-0.2, 0) is 11.2 Å². The van der Waals surface area contributed by atoms with Crippen molar-refractivity contribution >= 4 is 39.8 Å². The highest BCUT2D eigenvalue weighted by Crippen LogP contribution is 2.35. The molecule has 1 heterocycles. The van der Waals surface area contributed by atoms with Crippen molar-refractivity contribution in [1.82, 2.24) is 5.43 Å². The number of carbonyl (C=O) groups excluding carboxylic acids is 1. The molecule has 1 amide bonds. The molecule has 1 N–H and O–H groups in total. The van der Waals surface area contributed by atoms with Gasteiger partial charge >= 0.3 is 0 Å². The maximum atomic E-state index is 11.8. The van der Waals surface area contributed by atoms with Gasteiger partial charge in [0.15, 0.2) is 5.09 Å². The summed E-state index contributed by atoms with van der Waals surface area (Å²) >= 11 is 4.99. The molecule has 0 fully saturated rings. The largest absolute Gasteiger partial charge is 0.447 e. The summed E-state index contributed by atoms with van der Waals surface area (Å²) in [6.45, 7) is 0. The van der Waals surface area contributed by atoms with E-state index in [4.69, 9.17) is 4.42 Å². The summed E-state index contributed by atoms with van der Waals surface area (Å²) in [6.07, 6.45) is 1.78. The Morgan fingerprint density at radius 3 is 2.52 bits per heavy atom. The van der Waals surface area contributed by atoms with Crippen LogP contribution >= 0.6 is 27.7 Å². The quantitative estimate of drug-likeness (QED) is 0.461. The number of halogens is 1. The molecule has 4 nitrogen and oxygen atoms in total. The number of furan rings is 1. The molecule has 0 aliphatic carbocycles. The minimum Gasteiger partial charge on any atom is -0.447 e. The zero-order valence-electron chi connectivity index (χ0n) is 13.2. The molecule has 0 bridgehead atoms. The highest BCUT2D eigenvalue weighted by atomic mass is 79.9.